The quantitative estimate of drug-likeness (QED) is 0.168. The minimum absolute atomic E-state index is 0.0124. The maximum atomic E-state index is 13.8. The molecule has 5 heterocycles. The molecule has 0 aromatic heterocycles. The van der Waals surface area contributed by atoms with Crippen LogP contribution in [0.4, 0.5) is 0 Å². The van der Waals surface area contributed by atoms with Gasteiger partial charge in [0, 0.05) is 28.7 Å². The average molecular weight is 703 g/mol. The fourth-order valence-electron chi connectivity index (χ4n) is 10.3. The Balaban J connectivity index is 1.42. The molecule has 14 nitrogen and oxygen atoms in total. The summed E-state index contributed by atoms with van der Waals surface area (Å²) in [7, 11) is 0. The second-order valence-corrected chi connectivity index (χ2v) is 16.1. The van der Waals surface area contributed by atoms with Crippen molar-refractivity contribution in [2.75, 3.05) is 6.61 Å². The zero-order valence-electron chi connectivity index (χ0n) is 29.3. The monoisotopic (exact) mass is 702 g/mol. The van der Waals surface area contributed by atoms with Crippen LogP contribution >= 0.6 is 0 Å². The Morgan fingerprint density at radius 3 is 2.36 bits per heavy atom. The van der Waals surface area contributed by atoms with E-state index in [9.17, 15) is 34.2 Å². The van der Waals surface area contributed by atoms with Crippen LogP contribution in [0, 0.1) is 40.4 Å². The molecule has 1 spiro atoms. The lowest BCUT2D eigenvalue weighted by Gasteiger charge is -2.56. The predicted octanol–water partition coefficient (Wildman–Crippen LogP) is 1.68. The van der Waals surface area contributed by atoms with Gasteiger partial charge in [-0.25, -0.2) is 9.59 Å². The van der Waals surface area contributed by atoms with Crippen LogP contribution in [-0.4, -0.2) is 101 Å². The standard InChI is InChI=1S/C36H46O14/c1-9-15(4)30(41)47-27-24(17-10-21(38)46-31(17)42)35(8)28(48-32(43)25(40)14(2)3)26-23(16(5)36(35)29(27)50-36)34(7)18-11-20(37)44-13-33(18,6)49-22(39)12-19(34)45-26/h10,14-15,18-19,21,23-29,38,40H,5,9,11-13H2,1-4,6-8H3/t15-,18+,19+,21+,23-,24-,25-,26-,27-,28+,29-,33-,34-,35-,36-/m1/s1. The molecule has 0 bridgehead atoms. The van der Waals surface area contributed by atoms with Gasteiger partial charge < -0.3 is 43.4 Å². The third-order valence-electron chi connectivity index (χ3n) is 13.1. The van der Waals surface area contributed by atoms with E-state index in [1.165, 1.54) is 6.08 Å². The van der Waals surface area contributed by atoms with E-state index in [1.807, 2.05) is 13.8 Å². The molecule has 50 heavy (non-hydrogen) atoms. The number of cyclic esters (lactones) is 2. The summed E-state index contributed by atoms with van der Waals surface area (Å²) in [5, 5.41) is 21.3. The number of esters is 5. The van der Waals surface area contributed by atoms with Crippen LogP contribution in [0.2, 0.25) is 0 Å². The zero-order valence-corrected chi connectivity index (χ0v) is 29.3. The number of carbonyl (C=O) groups is 5. The third kappa shape index (κ3) is 4.49. The first-order valence-corrected chi connectivity index (χ1v) is 17.5. The Morgan fingerprint density at radius 1 is 1.04 bits per heavy atom. The molecular formula is C36H46O14. The molecule has 0 aromatic carbocycles. The number of aliphatic hydroxyl groups is 2. The summed E-state index contributed by atoms with van der Waals surface area (Å²) < 4.78 is 42.4. The van der Waals surface area contributed by atoms with Crippen molar-refractivity contribution >= 4 is 29.8 Å². The van der Waals surface area contributed by atoms with Crippen molar-refractivity contribution in [2.24, 2.45) is 40.4 Å². The van der Waals surface area contributed by atoms with Crippen molar-refractivity contribution in [2.45, 2.75) is 122 Å². The first-order valence-electron chi connectivity index (χ1n) is 17.5. The van der Waals surface area contributed by atoms with E-state index >= 15 is 0 Å². The minimum atomic E-state index is -1.56. The Morgan fingerprint density at radius 2 is 1.74 bits per heavy atom. The van der Waals surface area contributed by atoms with E-state index in [-0.39, 0.29) is 25.0 Å². The molecule has 5 aliphatic heterocycles. The van der Waals surface area contributed by atoms with Gasteiger partial charge in [-0.2, -0.15) is 0 Å². The molecule has 2 aliphatic carbocycles. The van der Waals surface area contributed by atoms with Gasteiger partial charge >= 0.3 is 29.8 Å². The predicted molar refractivity (Wildman–Crippen MR) is 167 cm³/mol. The number of aliphatic hydroxyl groups excluding tert-OH is 2. The molecule has 2 N–H and O–H groups in total. The summed E-state index contributed by atoms with van der Waals surface area (Å²) in [6.45, 7) is 16.7. The number of rotatable bonds is 7. The molecule has 14 heteroatoms. The average Bonchev–Trinajstić information content (AvgIpc) is 3.58. The van der Waals surface area contributed by atoms with Crippen LogP contribution in [0.3, 0.4) is 0 Å². The van der Waals surface area contributed by atoms with Gasteiger partial charge in [0.05, 0.1) is 30.3 Å². The van der Waals surface area contributed by atoms with Crippen molar-refractivity contribution in [3.63, 3.8) is 0 Å². The topological polar surface area (TPSA) is 194 Å². The summed E-state index contributed by atoms with van der Waals surface area (Å²) in [5.41, 5.74) is -4.56. The maximum absolute atomic E-state index is 13.8. The first kappa shape index (κ1) is 35.1. The molecule has 0 radical (unpaired) electrons. The molecule has 274 valence electrons. The number of fused-ring (bicyclic) bond motifs is 5. The van der Waals surface area contributed by atoms with E-state index in [4.69, 9.17) is 33.2 Å². The molecule has 7 rings (SSSR count). The van der Waals surface area contributed by atoms with Crippen LogP contribution in [0.5, 0.6) is 0 Å². The summed E-state index contributed by atoms with van der Waals surface area (Å²) >= 11 is 0. The second-order valence-electron chi connectivity index (χ2n) is 16.1. The molecular weight excluding hydrogens is 656 g/mol. The number of ether oxygens (including phenoxy) is 7. The van der Waals surface area contributed by atoms with Crippen molar-refractivity contribution in [1.29, 1.82) is 0 Å². The van der Waals surface area contributed by atoms with E-state index in [2.05, 4.69) is 6.58 Å². The Kier molecular flexibility index (Phi) is 7.95. The van der Waals surface area contributed by atoms with Gasteiger partial charge in [0.15, 0.2) is 6.10 Å². The van der Waals surface area contributed by atoms with Crippen molar-refractivity contribution in [3.05, 3.63) is 23.8 Å². The molecule has 0 amide bonds. The normalized spacial score (nSPS) is 46.8. The van der Waals surface area contributed by atoms with E-state index < -0.39 is 124 Å². The Labute approximate surface area is 289 Å². The number of epoxide rings is 1. The molecule has 6 fully saturated rings. The van der Waals surface area contributed by atoms with Gasteiger partial charge in [-0.15, -0.1) is 0 Å². The van der Waals surface area contributed by atoms with Gasteiger partial charge in [-0.05, 0) is 30.9 Å². The number of hydrogen-bond donors (Lipinski definition) is 2. The molecule has 4 saturated heterocycles. The van der Waals surface area contributed by atoms with Gasteiger partial charge in [-0.1, -0.05) is 48.1 Å². The summed E-state index contributed by atoms with van der Waals surface area (Å²) in [5.74, 6) is -6.74. The van der Waals surface area contributed by atoms with Gasteiger partial charge in [0.25, 0.3) is 0 Å². The third-order valence-corrected chi connectivity index (χ3v) is 13.1. The maximum Gasteiger partial charge on any atom is 0.336 e. The van der Waals surface area contributed by atoms with Crippen molar-refractivity contribution in [1.82, 2.24) is 0 Å². The van der Waals surface area contributed by atoms with Gasteiger partial charge in [0.1, 0.15) is 42.2 Å². The van der Waals surface area contributed by atoms with Crippen LogP contribution in [0.25, 0.3) is 0 Å². The van der Waals surface area contributed by atoms with Crippen LogP contribution < -0.4 is 0 Å². The first-order chi connectivity index (χ1) is 23.4. The van der Waals surface area contributed by atoms with Crippen LogP contribution in [0.15, 0.2) is 23.8 Å². The molecule has 2 saturated carbocycles. The second kappa shape index (κ2) is 11.3. The minimum Gasteiger partial charge on any atom is -0.461 e. The van der Waals surface area contributed by atoms with E-state index in [0.717, 1.165) is 0 Å². The lowest BCUT2D eigenvalue weighted by atomic mass is 9.48. The fraction of sp³-hybridized carbons (Fsp3) is 0.750. The largest absolute Gasteiger partial charge is 0.461 e. The van der Waals surface area contributed by atoms with Crippen LogP contribution in [-0.2, 0) is 57.1 Å². The van der Waals surface area contributed by atoms with Crippen LogP contribution in [0.1, 0.15) is 67.7 Å². The number of hydrogen-bond acceptors (Lipinski definition) is 14. The lowest BCUT2D eigenvalue weighted by Crippen LogP contribution is -2.65. The Bertz CT molecular complexity index is 1590. The summed E-state index contributed by atoms with van der Waals surface area (Å²) in [4.78, 5) is 66.8. The molecule has 15 atom stereocenters. The highest BCUT2D eigenvalue weighted by atomic mass is 16.7. The Hall–Kier alpha value is -3.33. The van der Waals surface area contributed by atoms with E-state index in [1.54, 1.807) is 34.6 Å². The zero-order chi connectivity index (χ0) is 36.5. The number of carbonyl (C=O) groups excluding carboxylic acids is 5. The summed E-state index contributed by atoms with van der Waals surface area (Å²) in [6.07, 6.45) is -6.74. The highest BCUT2D eigenvalue weighted by molar-refractivity contribution is 5.92. The smallest absolute Gasteiger partial charge is 0.336 e. The molecule has 0 unspecified atom stereocenters. The SMILES string of the molecule is C=C1[C@@H]2[C@@H](O[C@H]3CC(=O)O[C@]4(C)COC(=O)C[C@@H]4[C@]32C)[C@H](OC(=O)[C@H](O)C(C)C)[C@@]2(C)[C@H](C3=C[C@@H](O)OC3=O)[C@@H](OC(=O)[C@H](C)CC)[C@H]3O[C@]132. The fourth-order valence-corrected chi connectivity index (χ4v) is 10.3. The molecule has 7 aliphatic rings. The molecule has 0 aromatic rings. The highest BCUT2D eigenvalue weighted by Gasteiger charge is 2.89. The van der Waals surface area contributed by atoms with Gasteiger partial charge in [-0.3, -0.25) is 14.4 Å². The van der Waals surface area contributed by atoms with Crippen molar-refractivity contribution in [3.8, 4) is 0 Å². The lowest BCUT2D eigenvalue weighted by molar-refractivity contribution is -0.209. The van der Waals surface area contributed by atoms with Gasteiger partial charge in [0.2, 0.25) is 6.29 Å². The van der Waals surface area contributed by atoms with Crippen molar-refractivity contribution < 1.29 is 67.3 Å². The highest BCUT2D eigenvalue weighted by Crippen LogP contribution is 2.78. The summed E-state index contributed by atoms with van der Waals surface area (Å²) in [6, 6.07) is 0. The van der Waals surface area contributed by atoms with E-state index in [0.29, 0.717) is 12.0 Å².